The topological polar surface area (TPSA) is 41.6 Å². The van der Waals surface area contributed by atoms with E-state index in [0.717, 1.165) is 17.2 Å². The fourth-order valence-electron chi connectivity index (χ4n) is 1.73. The summed E-state index contributed by atoms with van der Waals surface area (Å²) in [5.41, 5.74) is 2.34. The second kappa shape index (κ2) is 3.19. The normalized spacial score (nSPS) is 15.5. The van der Waals surface area contributed by atoms with Gasteiger partial charge in [0.25, 0.3) is 0 Å². The number of hydrogen-bond donors (Lipinski definition) is 1. The Kier molecular flexibility index (Phi) is 1.84. The number of benzene rings is 1. The zero-order valence-corrected chi connectivity index (χ0v) is 8.70. The smallest absolute Gasteiger partial charge is 0.181 e. The zero-order chi connectivity index (χ0) is 10.3. The van der Waals surface area contributed by atoms with Crippen LogP contribution in [-0.4, -0.2) is 15.2 Å². The first kappa shape index (κ1) is 8.65. The lowest BCUT2D eigenvalue weighted by atomic mass is 10.1. The molecule has 3 rings (SSSR count). The Balaban J connectivity index is 1.97. The first-order valence-corrected chi connectivity index (χ1v) is 5.32. The summed E-state index contributed by atoms with van der Waals surface area (Å²) in [6, 6.07) is 8.28. The SMILES string of the molecule is Cc1cccc(-c2n[nH]c(C3CC3)n2)c1. The Morgan fingerprint density at radius 3 is 2.93 bits per heavy atom. The number of hydrogen-bond acceptors (Lipinski definition) is 2. The van der Waals surface area contributed by atoms with Gasteiger partial charge in [-0.15, -0.1) is 0 Å². The number of nitrogens with one attached hydrogen (secondary N) is 1. The Morgan fingerprint density at radius 2 is 2.20 bits per heavy atom. The Bertz CT molecular complexity index is 483. The van der Waals surface area contributed by atoms with Gasteiger partial charge in [-0.2, -0.15) is 5.10 Å². The summed E-state index contributed by atoms with van der Waals surface area (Å²) in [7, 11) is 0. The molecule has 1 aliphatic carbocycles. The Morgan fingerprint density at radius 1 is 1.33 bits per heavy atom. The highest BCUT2D eigenvalue weighted by Gasteiger charge is 2.27. The number of aromatic amines is 1. The largest absolute Gasteiger partial charge is 0.262 e. The van der Waals surface area contributed by atoms with Crippen LogP contribution in [0.1, 0.15) is 30.1 Å². The molecule has 3 heteroatoms. The summed E-state index contributed by atoms with van der Waals surface area (Å²) in [5, 5.41) is 7.28. The number of H-pyrrole nitrogens is 1. The van der Waals surface area contributed by atoms with Gasteiger partial charge in [-0.1, -0.05) is 23.8 Å². The quantitative estimate of drug-likeness (QED) is 0.807. The maximum absolute atomic E-state index is 4.52. The molecule has 0 atom stereocenters. The van der Waals surface area contributed by atoms with Gasteiger partial charge in [0.15, 0.2) is 5.82 Å². The minimum absolute atomic E-state index is 0.635. The molecule has 0 unspecified atom stereocenters. The Hall–Kier alpha value is -1.64. The minimum atomic E-state index is 0.635. The van der Waals surface area contributed by atoms with Gasteiger partial charge in [0.2, 0.25) is 0 Å². The van der Waals surface area contributed by atoms with Crippen molar-refractivity contribution < 1.29 is 0 Å². The molecular formula is C12H13N3. The van der Waals surface area contributed by atoms with Gasteiger partial charge in [-0.05, 0) is 25.8 Å². The third-order valence-corrected chi connectivity index (χ3v) is 2.74. The van der Waals surface area contributed by atoms with Gasteiger partial charge >= 0.3 is 0 Å². The van der Waals surface area contributed by atoms with Crippen molar-refractivity contribution in [2.24, 2.45) is 0 Å². The van der Waals surface area contributed by atoms with Crippen LogP contribution < -0.4 is 0 Å². The molecule has 2 aromatic rings. The maximum atomic E-state index is 4.52. The number of aromatic nitrogens is 3. The van der Waals surface area contributed by atoms with Crippen LogP contribution in [0.25, 0.3) is 11.4 Å². The number of aryl methyl sites for hydroxylation is 1. The number of nitrogens with zero attached hydrogens (tertiary/aromatic N) is 2. The van der Waals surface area contributed by atoms with Gasteiger partial charge in [-0.3, -0.25) is 5.10 Å². The fraction of sp³-hybridized carbons (Fsp3) is 0.333. The van der Waals surface area contributed by atoms with Gasteiger partial charge in [0.1, 0.15) is 5.82 Å². The van der Waals surface area contributed by atoms with Crippen LogP contribution in [-0.2, 0) is 0 Å². The molecule has 1 aromatic heterocycles. The molecule has 0 bridgehead atoms. The molecule has 1 aliphatic rings. The van der Waals surface area contributed by atoms with Crippen molar-refractivity contribution in [3.05, 3.63) is 35.7 Å². The van der Waals surface area contributed by atoms with E-state index in [1.165, 1.54) is 18.4 Å². The van der Waals surface area contributed by atoms with Crippen molar-refractivity contribution in [3.63, 3.8) is 0 Å². The van der Waals surface area contributed by atoms with Crippen LogP contribution >= 0.6 is 0 Å². The van der Waals surface area contributed by atoms with E-state index >= 15 is 0 Å². The van der Waals surface area contributed by atoms with Crippen LogP contribution in [0.5, 0.6) is 0 Å². The molecule has 1 heterocycles. The summed E-state index contributed by atoms with van der Waals surface area (Å²) >= 11 is 0. The highest BCUT2D eigenvalue weighted by atomic mass is 15.2. The zero-order valence-electron chi connectivity index (χ0n) is 8.70. The number of rotatable bonds is 2. The lowest BCUT2D eigenvalue weighted by Crippen LogP contribution is -1.83. The molecule has 0 amide bonds. The van der Waals surface area contributed by atoms with Crippen molar-refractivity contribution in [1.29, 1.82) is 0 Å². The third-order valence-electron chi connectivity index (χ3n) is 2.74. The molecule has 1 aromatic carbocycles. The maximum Gasteiger partial charge on any atom is 0.181 e. The van der Waals surface area contributed by atoms with E-state index in [9.17, 15) is 0 Å². The minimum Gasteiger partial charge on any atom is -0.262 e. The first-order chi connectivity index (χ1) is 7.33. The second-order valence-corrected chi connectivity index (χ2v) is 4.19. The molecule has 1 saturated carbocycles. The first-order valence-electron chi connectivity index (χ1n) is 5.32. The average Bonchev–Trinajstić information content (AvgIpc) is 2.97. The lowest BCUT2D eigenvalue weighted by molar-refractivity contribution is 0.935. The highest BCUT2D eigenvalue weighted by molar-refractivity contribution is 5.55. The lowest BCUT2D eigenvalue weighted by Gasteiger charge is -1.95. The molecule has 3 nitrogen and oxygen atoms in total. The summed E-state index contributed by atoms with van der Waals surface area (Å²) in [6.07, 6.45) is 2.50. The van der Waals surface area contributed by atoms with E-state index in [1.54, 1.807) is 0 Å². The van der Waals surface area contributed by atoms with Crippen LogP contribution in [0.4, 0.5) is 0 Å². The van der Waals surface area contributed by atoms with E-state index < -0.39 is 0 Å². The molecule has 0 radical (unpaired) electrons. The van der Waals surface area contributed by atoms with Crippen molar-refractivity contribution in [2.75, 3.05) is 0 Å². The van der Waals surface area contributed by atoms with E-state index in [1.807, 2.05) is 12.1 Å². The molecular weight excluding hydrogens is 186 g/mol. The fourth-order valence-corrected chi connectivity index (χ4v) is 1.73. The summed E-state index contributed by atoms with van der Waals surface area (Å²) in [4.78, 5) is 4.52. The highest BCUT2D eigenvalue weighted by Crippen LogP contribution is 2.38. The predicted molar refractivity (Wildman–Crippen MR) is 58.5 cm³/mol. The van der Waals surface area contributed by atoms with Gasteiger partial charge < -0.3 is 0 Å². The monoisotopic (exact) mass is 199 g/mol. The van der Waals surface area contributed by atoms with Crippen molar-refractivity contribution in [1.82, 2.24) is 15.2 Å². The Labute approximate surface area is 88.6 Å². The van der Waals surface area contributed by atoms with Crippen LogP contribution in [0.3, 0.4) is 0 Å². The van der Waals surface area contributed by atoms with Crippen LogP contribution in [0, 0.1) is 6.92 Å². The third kappa shape index (κ3) is 1.65. The van der Waals surface area contributed by atoms with Gasteiger partial charge in [-0.25, -0.2) is 4.98 Å². The molecule has 0 aliphatic heterocycles. The van der Waals surface area contributed by atoms with Crippen LogP contribution in [0.15, 0.2) is 24.3 Å². The van der Waals surface area contributed by atoms with Crippen LogP contribution in [0.2, 0.25) is 0 Å². The molecule has 0 saturated heterocycles. The van der Waals surface area contributed by atoms with E-state index in [2.05, 4.69) is 34.2 Å². The molecule has 76 valence electrons. The molecule has 0 spiro atoms. The molecule has 1 fully saturated rings. The molecule has 1 N–H and O–H groups in total. The van der Waals surface area contributed by atoms with E-state index in [4.69, 9.17) is 0 Å². The van der Waals surface area contributed by atoms with Crippen molar-refractivity contribution in [2.45, 2.75) is 25.7 Å². The standard InChI is InChI=1S/C12H13N3/c1-8-3-2-4-10(7-8)12-13-11(14-15-12)9-5-6-9/h2-4,7,9H,5-6H2,1H3,(H,13,14,15). The van der Waals surface area contributed by atoms with E-state index in [-0.39, 0.29) is 0 Å². The van der Waals surface area contributed by atoms with Crippen molar-refractivity contribution in [3.8, 4) is 11.4 Å². The average molecular weight is 199 g/mol. The molecule has 15 heavy (non-hydrogen) atoms. The van der Waals surface area contributed by atoms with Gasteiger partial charge in [0.05, 0.1) is 0 Å². The summed E-state index contributed by atoms with van der Waals surface area (Å²) in [5.74, 6) is 2.50. The predicted octanol–water partition coefficient (Wildman–Crippen LogP) is 2.66. The van der Waals surface area contributed by atoms with E-state index in [0.29, 0.717) is 5.92 Å². The van der Waals surface area contributed by atoms with Gasteiger partial charge in [0, 0.05) is 11.5 Å². The summed E-state index contributed by atoms with van der Waals surface area (Å²) in [6.45, 7) is 2.08. The summed E-state index contributed by atoms with van der Waals surface area (Å²) < 4.78 is 0. The second-order valence-electron chi connectivity index (χ2n) is 4.19. The van der Waals surface area contributed by atoms with Crippen molar-refractivity contribution >= 4 is 0 Å².